The van der Waals surface area contributed by atoms with Crippen LogP contribution in [0.3, 0.4) is 0 Å². The Morgan fingerprint density at radius 2 is 1.80 bits per heavy atom. The molecule has 0 bridgehead atoms. The second kappa shape index (κ2) is 5.84. The van der Waals surface area contributed by atoms with Crippen molar-refractivity contribution in [2.24, 2.45) is 0 Å². The molecule has 3 aromatic rings. The second-order valence-electron chi connectivity index (χ2n) is 4.23. The molecule has 3 nitrogen and oxygen atoms in total. The summed E-state index contributed by atoms with van der Waals surface area (Å²) in [5.74, 6) is 0. The van der Waals surface area contributed by atoms with Crippen LogP contribution < -0.4 is 0 Å². The highest BCUT2D eigenvalue weighted by Crippen LogP contribution is 2.27. The van der Waals surface area contributed by atoms with Gasteiger partial charge in [-0.05, 0) is 42.7 Å². The van der Waals surface area contributed by atoms with Gasteiger partial charge in [-0.1, -0.05) is 6.07 Å². The third-order valence-electron chi connectivity index (χ3n) is 2.92. The van der Waals surface area contributed by atoms with Crippen LogP contribution in [0.5, 0.6) is 0 Å². The van der Waals surface area contributed by atoms with Crippen LogP contribution >= 0.6 is 11.8 Å². The lowest BCUT2D eigenvalue weighted by molar-refractivity contribution is 1.21. The molecule has 0 amide bonds. The highest BCUT2D eigenvalue weighted by molar-refractivity contribution is 7.98. The quantitative estimate of drug-likeness (QED) is 0.681. The minimum atomic E-state index is 0.883. The van der Waals surface area contributed by atoms with Gasteiger partial charge in [-0.3, -0.25) is 9.97 Å². The standard InChI is InChI=1S/C16H13N3S/c1-20-13-9-15(12-5-4-7-17-11-12)19-16(10-13)14-6-2-3-8-18-14/h2-11H,1H3. The van der Waals surface area contributed by atoms with Gasteiger partial charge in [0.05, 0.1) is 17.1 Å². The SMILES string of the molecule is CSc1cc(-c2cccnc2)nc(-c2ccccn2)c1. The van der Waals surface area contributed by atoms with Crippen molar-refractivity contribution in [1.82, 2.24) is 15.0 Å². The van der Waals surface area contributed by atoms with E-state index in [-0.39, 0.29) is 0 Å². The van der Waals surface area contributed by atoms with E-state index in [1.165, 1.54) is 4.90 Å². The number of hydrogen-bond acceptors (Lipinski definition) is 4. The lowest BCUT2D eigenvalue weighted by Crippen LogP contribution is -1.91. The van der Waals surface area contributed by atoms with Crippen LogP contribution in [0.15, 0.2) is 66.0 Å². The monoisotopic (exact) mass is 279 g/mol. The molecule has 0 N–H and O–H groups in total. The van der Waals surface area contributed by atoms with Crippen molar-refractivity contribution >= 4 is 11.8 Å². The molecular formula is C16H13N3S. The molecule has 98 valence electrons. The summed E-state index contributed by atoms with van der Waals surface area (Å²) in [6, 6.07) is 13.9. The Morgan fingerprint density at radius 1 is 0.900 bits per heavy atom. The Morgan fingerprint density at radius 3 is 2.50 bits per heavy atom. The van der Waals surface area contributed by atoms with Crippen LogP contribution in [-0.2, 0) is 0 Å². The number of rotatable bonds is 3. The second-order valence-corrected chi connectivity index (χ2v) is 5.11. The molecule has 0 aliphatic carbocycles. The highest BCUT2D eigenvalue weighted by atomic mass is 32.2. The molecule has 0 aliphatic rings. The molecule has 0 spiro atoms. The molecule has 0 radical (unpaired) electrons. The van der Waals surface area contributed by atoms with E-state index in [2.05, 4.69) is 28.4 Å². The zero-order valence-corrected chi connectivity index (χ0v) is 11.8. The van der Waals surface area contributed by atoms with Crippen LogP contribution in [0.2, 0.25) is 0 Å². The van der Waals surface area contributed by atoms with Gasteiger partial charge in [-0.2, -0.15) is 0 Å². The molecule has 0 saturated carbocycles. The zero-order valence-electron chi connectivity index (χ0n) is 11.0. The van der Waals surface area contributed by atoms with Crippen LogP contribution in [0, 0.1) is 0 Å². The van der Waals surface area contributed by atoms with Gasteiger partial charge >= 0.3 is 0 Å². The van der Waals surface area contributed by atoms with Crippen molar-refractivity contribution in [2.45, 2.75) is 4.90 Å². The lowest BCUT2D eigenvalue weighted by Gasteiger charge is -2.07. The molecule has 3 aromatic heterocycles. The van der Waals surface area contributed by atoms with E-state index >= 15 is 0 Å². The fourth-order valence-electron chi connectivity index (χ4n) is 1.93. The number of hydrogen-bond donors (Lipinski definition) is 0. The van der Waals surface area contributed by atoms with Gasteiger partial charge < -0.3 is 0 Å². The van der Waals surface area contributed by atoms with Gasteiger partial charge in [0.2, 0.25) is 0 Å². The summed E-state index contributed by atoms with van der Waals surface area (Å²) in [6.45, 7) is 0. The van der Waals surface area contributed by atoms with Crippen LogP contribution in [0.25, 0.3) is 22.6 Å². The van der Waals surface area contributed by atoms with E-state index in [9.17, 15) is 0 Å². The summed E-state index contributed by atoms with van der Waals surface area (Å²) in [7, 11) is 0. The molecule has 0 aliphatic heterocycles. The van der Waals surface area contributed by atoms with Crippen LogP contribution in [0.4, 0.5) is 0 Å². The summed E-state index contributed by atoms with van der Waals surface area (Å²) < 4.78 is 0. The average molecular weight is 279 g/mol. The van der Waals surface area contributed by atoms with Crippen molar-refractivity contribution in [3.63, 3.8) is 0 Å². The molecule has 0 fully saturated rings. The Kier molecular flexibility index (Phi) is 3.74. The minimum absolute atomic E-state index is 0.883. The largest absolute Gasteiger partial charge is 0.264 e. The number of pyridine rings is 3. The van der Waals surface area contributed by atoms with E-state index in [4.69, 9.17) is 4.98 Å². The fourth-order valence-corrected chi connectivity index (χ4v) is 2.39. The summed E-state index contributed by atoms with van der Waals surface area (Å²) in [5.41, 5.74) is 3.70. The predicted molar refractivity (Wildman–Crippen MR) is 82.5 cm³/mol. The topological polar surface area (TPSA) is 38.7 Å². The highest BCUT2D eigenvalue weighted by Gasteiger charge is 2.07. The fraction of sp³-hybridized carbons (Fsp3) is 0.0625. The van der Waals surface area contributed by atoms with Crippen LogP contribution in [0.1, 0.15) is 0 Å². The van der Waals surface area contributed by atoms with Gasteiger partial charge in [-0.15, -0.1) is 11.8 Å². The van der Waals surface area contributed by atoms with E-state index in [0.29, 0.717) is 0 Å². The first kappa shape index (κ1) is 12.8. The Balaban J connectivity index is 2.13. The average Bonchev–Trinajstić information content (AvgIpc) is 2.56. The maximum atomic E-state index is 4.71. The molecule has 4 heteroatoms. The van der Waals surface area contributed by atoms with Gasteiger partial charge in [0.25, 0.3) is 0 Å². The zero-order chi connectivity index (χ0) is 13.8. The van der Waals surface area contributed by atoms with Crippen molar-refractivity contribution in [3.8, 4) is 22.6 Å². The maximum Gasteiger partial charge on any atom is 0.0904 e. The molecule has 3 rings (SSSR count). The summed E-state index contributed by atoms with van der Waals surface area (Å²) in [6.07, 6.45) is 7.44. The molecule has 0 unspecified atom stereocenters. The van der Waals surface area contributed by atoms with E-state index in [1.807, 2.05) is 36.5 Å². The van der Waals surface area contributed by atoms with Gasteiger partial charge in [-0.25, -0.2) is 4.98 Å². The normalized spacial score (nSPS) is 10.4. The number of aromatic nitrogens is 3. The predicted octanol–water partition coefficient (Wildman–Crippen LogP) is 3.93. The smallest absolute Gasteiger partial charge is 0.0904 e. The van der Waals surface area contributed by atoms with Crippen molar-refractivity contribution < 1.29 is 0 Å². The maximum absolute atomic E-state index is 4.71. The summed E-state index contributed by atoms with van der Waals surface area (Å²) in [5, 5.41) is 0. The molecule has 20 heavy (non-hydrogen) atoms. The van der Waals surface area contributed by atoms with E-state index < -0.39 is 0 Å². The first-order valence-corrected chi connectivity index (χ1v) is 7.47. The molecule has 0 atom stereocenters. The number of thioether (sulfide) groups is 1. The lowest BCUT2D eigenvalue weighted by atomic mass is 10.1. The third-order valence-corrected chi connectivity index (χ3v) is 3.63. The molecule has 3 heterocycles. The Labute approximate surface area is 122 Å². The summed E-state index contributed by atoms with van der Waals surface area (Å²) in [4.78, 5) is 14.4. The van der Waals surface area contributed by atoms with Crippen molar-refractivity contribution in [3.05, 3.63) is 61.1 Å². The molecular weight excluding hydrogens is 266 g/mol. The minimum Gasteiger partial charge on any atom is -0.264 e. The first-order valence-electron chi connectivity index (χ1n) is 6.25. The van der Waals surface area contributed by atoms with Gasteiger partial charge in [0.15, 0.2) is 0 Å². The van der Waals surface area contributed by atoms with E-state index in [1.54, 1.807) is 24.2 Å². The third kappa shape index (κ3) is 2.70. The van der Waals surface area contributed by atoms with Crippen LogP contribution in [-0.4, -0.2) is 21.2 Å². The molecule has 0 aromatic carbocycles. The first-order chi connectivity index (χ1) is 9.86. The Hall–Kier alpha value is -2.20. The van der Waals surface area contributed by atoms with Crippen molar-refractivity contribution in [2.75, 3.05) is 6.26 Å². The van der Waals surface area contributed by atoms with E-state index in [0.717, 1.165) is 22.6 Å². The van der Waals surface area contributed by atoms with Crippen molar-refractivity contribution in [1.29, 1.82) is 0 Å². The van der Waals surface area contributed by atoms with Gasteiger partial charge in [0.1, 0.15) is 0 Å². The Bertz CT molecular complexity index is 642. The number of nitrogens with zero attached hydrogens (tertiary/aromatic N) is 3. The molecule has 0 saturated heterocycles. The van der Waals surface area contributed by atoms with Gasteiger partial charge in [0, 0.05) is 29.0 Å². The summed E-state index contributed by atoms with van der Waals surface area (Å²) >= 11 is 1.70.